The molecule has 0 amide bonds. The quantitative estimate of drug-likeness (QED) is 0.589. The summed E-state index contributed by atoms with van der Waals surface area (Å²) in [6, 6.07) is 0.670. The van der Waals surface area contributed by atoms with Gasteiger partial charge < -0.3 is 15.5 Å². The first-order valence-corrected chi connectivity index (χ1v) is 6.53. The highest BCUT2D eigenvalue weighted by atomic mass is 16.3. The molecule has 2 fully saturated rings. The zero-order chi connectivity index (χ0) is 11.4. The van der Waals surface area contributed by atoms with E-state index in [1.807, 2.05) is 0 Å². The van der Waals surface area contributed by atoms with E-state index in [1.54, 1.807) is 0 Å². The summed E-state index contributed by atoms with van der Waals surface area (Å²) in [5.41, 5.74) is 0. The fourth-order valence-corrected chi connectivity index (χ4v) is 2.55. The van der Waals surface area contributed by atoms with E-state index in [9.17, 15) is 5.11 Å². The van der Waals surface area contributed by atoms with Crippen LogP contribution in [-0.2, 0) is 0 Å². The molecule has 2 unspecified atom stereocenters. The van der Waals surface area contributed by atoms with Gasteiger partial charge in [-0.15, -0.1) is 0 Å². The van der Waals surface area contributed by atoms with Gasteiger partial charge >= 0.3 is 0 Å². The number of hydrogen-bond donors (Lipinski definition) is 3. The fraction of sp³-hybridized carbons (Fsp3) is 1.00. The van der Waals surface area contributed by atoms with Gasteiger partial charge in [0.2, 0.25) is 0 Å². The largest absolute Gasteiger partial charge is 0.394 e. The number of rotatable bonds is 6. The predicted molar refractivity (Wildman–Crippen MR) is 63.3 cm³/mol. The molecule has 16 heavy (non-hydrogen) atoms. The van der Waals surface area contributed by atoms with Crippen molar-refractivity contribution in [2.24, 2.45) is 5.92 Å². The number of hydrogen-bond acceptors (Lipinski definition) is 4. The standard InChI is InChI=1S/C12H24N2O2/c15-9-12(16)8-14(11-3-4-11)7-10-2-1-5-13-6-10/h10-13,15-16H,1-9H2. The molecule has 2 aliphatic rings. The van der Waals surface area contributed by atoms with Gasteiger partial charge in [-0.3, -0.25) is 4.90 Å². The average molecular weight is 228 g/mol. The van der Waals surface area contributed by atoms with Gasteiger partial charge in [0.15, 0.2) is 0 Å². The molecule has 1 heterocycles. The molecule has 0 aromatic heterocycles. The summed E-state index contributed by atoms with van der Waals surface area (Å²) in [7, 11) is 0. The molecule has 2 rings (SSSR count). The zero-order valence-corrected chi connectivity index (χ0v) is 9.94. The van der Waals surface area contributed by atoms with E-state index in [-0.39, 0.29) is 6.61 Å². The molecule has 1 aliphatic carbocycles. The van der Waals surface area contributed by atoms with Crippen LogP contribution in [0.25, 0.3) is 0 Å². The highest BCUT2D eigenvalue weighted by Crippen LogP contribution is 2.28. The van der Waals surface area contributed by atoms with Crippen molar-refractivity contribution in [3.8, 4) is 0 Å². The van der Waals surface area contributed by atoms with Crippen LogP contribution in [0.3, 0.4) is 0 Å². The summed E-state index contributed by atoms with van der Waals surface area (Å²) >= 11 is 0. The third-order valence-corrected chi connectivity index (χ3v) is 3.61. The maximum absolute atomic E-state index is 9.53. The van der Waals surface area contributed by atoms with E-state index >= 15 is 0 Å². The molecular formula is C12H24N2O2. The van der Waals surface area contributed by atoms with Crippen molar-refractivity contribution in [1.82, 2.24) is 10.2 Å². The number of nitrogens with one attached hydrogen (secondary N) is 1. The summed E-state index contributed by atoms with van der Waals surface area (Å²) in [4.78, 5) is 2.37. The fourth-order valence-electron chi connectivity index (χ4n) is 2.55. The smallest absolute Gasteiger partial charge is 0.0897 e. The van der Waals surface area contributed by atoms with Crippen molar-refractivity contribution in [3.05, 3.63) is 0 Å². The lowest BCUT2D eigenvalue weighted by atomic mass is 9.99. The Morgan fingerprint density at radius 1 is 1.31 bits per heavy atom. The SMILES string of the molecule is OCC(O)CN(CC1CCCNC1)C1CC1. The van der Waals surface area contributed by atoms with Crippen LogP contribution in [0.1, 0.15) is 25.7 Å². The normalized spacial score (nSPS) is 28.3. The third kappa shape index (κ3) is 3.70. The molecule has 1 aliphatic heterocycles. The van der Waals surface area contributed by atoms with Crippen LogP contribution in [-0.4, -0.2) is 60.0 Å². The monoisotopic (exact) mass is 228 g/mol. The molecule has 0 radical (unpaired) electrons. The molecule has 3 N–H and O–H groups in total. The van der Waals surface area contributed by atoms with E-state index < -0.39 is 6.10 Å². The summed E-state index contributed by atoms with van der Waals surface area (Å²) in [6.07, 6.45) is 4.52. The van der Waals surface area contributed by atoms with E-state index in [0.29, 0.717) is 12.6 Å². The van der Waals surface area contributed by atoms with Crippen molar-refractivity contribution in [2.75, 3.05) is 32.8 Å². The van der Waals surface area contributed by atoms with Crippen LogP contribution in [0.15, 0.2) is 0 Å². The van der Waals surface area contributed by atoms with Crippen LogP contribution < -0.4 is 5.32 Å². The van der Waals surface area contributed by atoms with Crippen LogP contribution in [0.4, 0.5) is 0 Å². The second-order valence-corrected chi connectivity index (χ2v) is 5.23. The molecule has 94 valence electrons. The Kier molecular flexibility index (Phi) is 4.58. The second kappa shape index (κ2) is 5.96. The highest BCUT2D eigenvalue weighted by molar-refractivity contribution is 4.87. The number of piperidine rings is 1. The zero-order valence-electron chi connectivity index (χ0n) is 9.94. The Morgan fingerprint density at radius 2 is 2.12 bits per heavy atom. The Labute approximate surface area is 97.6 Å². The van der Waals surface area contributed by atoms with E-state index in [2.05, 4.69) is 10.2 Å². The first kappa shape index (κ1) is 12.3. The van der Waals surface area contributed by atoms with Crippen molar-refractivity contribution < 1.29 is 10.2 Å². The lowest BCUT2D eigenvalue weighted by Crippen LogP contribution is -2.42. The highest BCUT2D eigenvalue weighted by Gasteiger charge is 2.31. The van der Waals surface area contributed by atoms with Crippen molar-refractivity contribution in [2.45, 2.75) is 37.8 Å². The van der Waals surface area contributed by atoms with Crippen molar-refractivity contribution in [3.63, 3.8) is 0 Å². The first-order valence-electron chi connectivity index (χ1n) is 6.53. The van der Waals surface area contributed by atoms with Gasteiger partial charge in [0, 0.05) is 19.1 Å². The van der Waals surface area contributed by atoms with Gasteiger partial charge in [0.05, 0.1) is 12.7 Å². The van der Waals surface area contributed by atoms with Gasteiger partial charge in [-0.05, 0) is 44.7 Å². The number of nitrogens with zero attached hydrogens (tertiary/aromatic N) is 1. The minimum Gasteiger partial charge on any atom is -0.394 e. The lowest BCUT2D eigenvalue weighted by Gasteiger charge is -2.31. The Morgan fingerprint density at radius 3 is 2.69 bits per heavy atom. The number of aliphatic hydroxyl groups is 2. The first-order chi connectivity index (χ1) is 7.79. The Hall–Kier alpha value is -0.160. The maximum Gasteiger partial charge on any atom is 0.0897 e. The van der Waals surface area contributed by atoms with Crippen LogP contribution in [0, 0.1) is 5.92 Å². The van der Waals surface area contributed by atoms with E-state index in [0.717, 1.165) is 25.6 Å². The summed E-state index contributed by atoms with van der Waals surface area (Å²) in [5, 5.41) is 21.9. The van der Waals surface area contributed by atoms with Crippen LogP contribution >= 0.6 is 0 Å². The molecule has 1 saturated heterocycles. The molecule has 4 nitrogen and oxygen atoms in total. The lowest BCUT2D eigenvalue weighted by molar-refractivity contribution is 0.0496. The molecule has 0 aromatic carbocycles. The minimum atomic E-state index is -0.572. The molecular weight excluding hydrogens is 204 g/mol. The van der Waals surface area contributed by atoms with Crippen LogP contribution in [0.2, 0.25) is 0 Å². The van der Waals surface area contributed by atoms with E-state index in [4.69, 9.17) is 5.11 Å². The third-order valence-electron chi connectivity index (χ3n) is 3.61. The van der Waals surface area contributed by atoms with Gasteiger partial charge in [-0.1, -0.05) is 0 Å². The molecule has 0 spiro atoms. The van der Waals surface area contributed by atoms with Gasteiger partial charge in [0.1, 0.15) is 0 Å². The summed E-state index contributed by atoms with van der Waals surface area (Å²) < 4.78 is 0. The second-order valence-electron chi connectivity index (χ2n) is 5.23. The van der Waals surface area contributed by atoms with E-state index in [1.165, 1.54) is 25.7 Å². The predicted octanol–water partition coefficient (Wildman–Crippen LogP) is -0.196. The minimum absolute atomic E-state index is 0.119. The molecule has 2 atom stereocenters. The molecule has 1 saturated carbocycles. The van der Waals surface area contributed by atoms with Gasteiger partial charge in [-0.2, -0.15) is 0 Å². The Bertz CT molecular complexity index is 203. The summed E-state index contributed by atoms with van der Waals surface area (Å²) in [6.45, 7) is 3.86. The molecule has 4 heteroatoms. The van der Waals surface area contributed by atoms with Crippen LogP contribution in [0.5, 0.6) is 0 Å². The Balaban J connectivity index is 1.77. The van der Waals surface area contributed by atoms with Crippen molar-refractivity contribution in [1.29, 1.82) is 0 Å². The molecule has 0 aromatic rings. The summed E-state index contributed by atoms with van der Waals surface area (Å²) in [5.74, 6) is 0.722. The van der Waals surface area contributed by atoms with Gasteiger partial charge in [-0.25, -0.2) is 0 Å². The van der Waals surface area contributed by atoms with Gasteiger partial charge in [0.25, 0.3) is 0 Å². The topological polar surface area (TPSA) is 55.7 Å². The average Bonchev–Trinajstić information content (AvgIpc) is 3.13. The van der Waals surface area contributed by atoms with Crippen molar-refractivity contribution >= 4 is 0 Å². The molecule has 0 bridgehead atoms. The number of aliphatic hydroxyl groups excluding tert-OH is 2. The maximum atomic E-state index is 9.53.